The lowest BCUT2D eigenvalue weighted by atomic mass is 9.94. The van der Waals surface area contributed by atoms with E-state index in [0.717, 1.165) is 12.3 Å². The summed E-state index contributed by atoms with van der Waals surface area (Å²) in [5, 5.41) is 10.5. The summed E-state index contributed by atoms with van der Waals surface area (Å²) in [6.07, 6.45) is 0.986. The first-order valence-electron chi connectivity index (χ1n) is 5.87. The Labute approximate surface area is 117 Å². The number of hydrogen-bond acceptors (Lipinski definition) is 6. The number of rotatable bonds is 6. The molecule has 112 valence electrons. The summed E-state index contributed by atoms with van der Waals surface area (Å²) in [7, 11) is -2.29. The Balaban J connectivity index is 3.01. The number of sulfonamides is 1. The molecule has 0 aliphatic heterocycles. The van der Waals surface area contributed by atoms with Gasteiger partial charge < -0.3 is 15.8 Å². The SMILES string of the molecule is CN(CC(C)(C)CN)S(=O)(=O)c1ccc([N+](=O)[O-])nc1. The Hall–Kier alpha value is -1.58. The predicted molar refractivity (Wildman–Crippen MR) is 73.5 cm³/mol. The lowest BCUT2D eigenvalue weighted by molar-refractivity contribution is -0.389. The fourth-order valence-electron chi connectivity index (χ4n) is 1.57. The van der Waals surface area contributed by atoms with E-state index < -0.39 is 20.8 Å². The van der Waals surface area contributed by atoms with Crippen LogP contribution in [-0.2, 0) is 10.0 Å². The number of pyridine rings is 1. The van der Waals surface area contributed by atoms with Crippen LogP contribution < -0.4 is 5.73 Å². The predicted octanol–water partition coefficient (Wildman–Crippen LogP) is 0.595. The molecule has 0 atom stereocenters. The second-order valence-electron chi connectivity index (χ2n) is 5.24. The van der Waals surface area contributed by atoms with Gasteiger partial charge in [0.25, 0.3) is 0 Å². The fourth-order valence-corrected chi connectivity index (χ4v) is 2.87. The van der Waals surface area contributed by atoms with E-state index >= 15 is 0 Å². The maximum absolute atomic E-state index is 12.3. The molecular formula is C11H18N4O4S. The molecule has 0 aliphatic carbocycles. The zero-order valence-corrected chi connectivity index (χ0v) is 12.4. The number of aromatic nitrogens is 1. The van der Waals surface area contributed by atoms with Gasteiger partial charge in [-0.15, -0.1) is 0 Å². The molecule has 8 nitrogen and oxygen atoms in total. The number of hydrogen-bond donors (Lipinski definition) is 1. The normalized spacial score (nSPS) is 12.7. The van der Waals surface area contributed by atoms with Crippen LogP contribution in [0.5, 0.6) is 0 Å². The molecule has 0 aromatic carbocycles. The van der Waals surface area contributed by atoms with Gasteiger partial charge in [-0.05, 0) is 27.9 Å². The van der Waals surface area contributed by atoms with Crippen molar-refractivity contribution in [2.24, 2.45) is 11.1 Å². The van der Waals surface area contributed by atoms with Crippen LogP contribution in [-0.4, -0.2) is 42.8 Å². The zero-order valence-electron chi connectivity index (χ0n) is 11.6. The first kappa shape index (κ1) is 16.5. The van der Waals surface area contributed by atoms with Gasteiger partial charge in [-0.2, -0.15) is 0 Å². The van der Waals surface area contributed by atoms with E-state index in [0.29, 0.717) is 6.54 Å². The molecule has 1 aromatic heterocycles. The average molecular weight is 302 g/mol. The van der Waals surface area contributed by atoms with Gasteiger partial charge in [-0.1, -0.05) is 13.8 Å². The molecule has 0 unspecified atom stereocenters. The topological polar surface area (TPSA) is 119 Å². The van der Waals surface area contributed by atoms with Crippen molar-refractivity contribution in [3.8, 4) is 0 Å². The van der Waals surface area contributed by atoms with Gasteiger partial charge in [0.1, 0.15) is 4.90 Å². The Morgan fingerprint density at radius 1 is 1.45 bits per heavy atom. The fraction of sp³-hybridized carbons (Fsp3) is 0.545. The van der Waals surface area contributed by atoms with Gasteiger partial charge in [0, 0.05) is 19.7 Å². The number of nitrogens with zero attached hydrogens (tertiary/aromatic N) is 3. The van der Waals surface area contributed by atoms with Crippen molar-refractivity contribution in [3.63, 3.8) is 0 Å². The van der Waals surface area contributed by atoms with Crippen molar-refractivity contribution >= 4 is 15.8 Å². The monoisotopic (exact) mass is 302 g/mol. The largest absolute Gasteiger partial charge is 0.363 e. The minimum absolute atomic E-state index is 0.0848. The molecule has 0 bridgehead atoms. The molecular weight excluding hydrogens is 284 g/mol. The summed E-state index contributed by atoms with van der Waals surface area (Å²) in [6.45, 7) is 4.29. The standard InChI is InChI=1S/C11H18N4O4S/c1-11(2,7-12)8-14(3)20(18,19)9-4-5-10(13-6-9)15(16)17/h4-6H,7-8,12H2,1-3H3. The van der Waals surface area contributed by atoms with Gasteiger partial charge in [0.05, 0.1) is 0 Å². The van der Waals surface area contributed by atoms with Crippen LogP contribution in [0.3, 0.4) is 0 Å². The first-order chi connectivity index (χ1) is 9.10. The molecule has 0 saturated carbocycles. The van der Waals surface area contributed by atoms with Crippen molar-refractivity contribution < 1.29 is 13.3 Å². The van der Waals surface area contributed by atoms with E-state index in [9.17, 15) is 18.5 Å². The van der Waals surface area contributed by atoms with Gasteiger partial charge in [-0.3, -0.25) is 0 Å². The lowest BCUT2D eigenvalue weighted by Crippen LogP contribution is -2.39. The number of nitro groups is 1. The van der Waals surface area contributed by atoms with E-state index in [-0.39, 0.29) is 16.9 Å². The number of nitrogens with two attached hydrogens (primary N) is 1. The van der Waals surface area contributed by atoms with Gasteiger partial charge in [-0.25, -0.2) is 12.7 Å². The quantitative estimate of drug-likeness (QED) is 0.607. The highest BCUT2D eigenvalue weighted by molar-refractivity contribution is 7.89. The summed E-state index contributed by atoms with van der Waals surface area (Å²) < 4.78 is 25.7. The van der Waals surface area contributed by atoms with Crippen LogP contribution in [0, 0.1) is 15.5 Å². The lowest BCUT2D eigenvalue weighted by Gasteiger charge is -2.28. The van der Waals surface area contributed by atoms with Crippen LogP contribution in [0.2, 0.25) is 0 Å². The Morgan fingerprint density at radius 3 is 2.45 bits per heavy atom. The summed E-state index contributed by atoms with van der Waals surface area (Å²) in [5.41, 5.74) is 5.22. The third kappa shape index (κ3) is 3.71. The average Bonchev–Trinajstić information content (AvgIpc) is 2.38. The summed E-state index contributed by atoms with van der Waals surface area (Å²) in [4.78, 5) is 13.2. The van der Waals surface area contributed by atoms with E-state index in [1.54, 1.807) is 0 Å². The first-order valence-corrected chi connectivity index (χ1v) is 7.31. The maximum atomic E-state index is 12.3. The Kier molecular flexibility index (Phi) is 4.79. The van der Waals surface area contributed by atoms with Crippen LogP contribution in [0.1, 0.15) is 13.8 Å². The molecule has 2 N–H and O–H groups in total. The highest BCUT2D eigenvalue weighted by Crippen LogP contribution is 2.21. The molecule has 0 spiro atoms. The smallest absolute Gasteiger partial charge is 0.358 e. The van der Waals surface area contributed by atoms with Crippen molar-refractivity contribution in [3.05, 3.63) is 28.4 Å². The highest BCUT2D eigenvalue weighted by Gasteiger charge is 2.28. The minimum Gasteiger partial charge on any atom is -0.358 e. The van der Waals surface area contributed by atoms with Gasteiger partial charge in [0.15, 0.2) is 6.20 Å². The molecule has 0 aliphatic rings. The van der Waals surface area contributed by atoms with E-state index in [2.05, 4.69) is 4.98 Å². The summed E-state index contributed by atoms with van der Waals surface area (Å²) in [5.74, 6) is -0.395. The van der Waals surface area contributed by atoms with Crippen LogP contribution in [0.25, 0.3) is 0 Å². The molecule has 1 aromatic rings. The van der Waals surface area contributed by atoms with Crippen molar-refractivity contribution in [2.45, 2.75) is 18.7 Å². The van der Waals surface area contributed by atoms with E-state index in [1.165, 1.54) is 17.4 Å². The minimum atomic E-state index is -3.73. The molecule has 9 heteroatoms. The van der Waals surface area contributed by atoms with Crippen molar-refractivity contribution in [1.82, 2.24) is 9.29 Å². The van der Waals surface area contributed by atoms with Crippen molar-refractivity contribution in [2.75, 3.05) is 20.1 Å². The Morgan fingerprint density at radius 2 is 2.05 bits per heavy atom. The molecule has 0 radical (unpaired) electrons. The molecule has 0 saturated heterocycles. The third-order valence-corrected chi connectivity index (χ3v) is 4.61. The van der Waals surface area contributed by atoms with E-state index in [1.807, 2.05) is 13.8 Å². The second kappa shape index (κ2) is 5.81. The summed E-state index contributed by atoms with van der Waals surface area (Å²) in [6, 6.07) is 2.24. The molecule has 1 heterocycles. The molecule has 0 amide bonds. The second-order valence-corrected chi connectivity index (χ2v) is 7.28. The molecule has 0 fully saturated rings. The third-order valence-electron chi connectivity index (χ3n) is 2.82. The zero-order chi connectivity index (χ0) is 15.6. The van der Waals surface area contributed by atoms with Crippen LogP contribution >= 0.6 is 0 Å². The van der Waals surface area contributed by atoms with Gasteiger partial charge >= 0.3 is 5.82 Å². The highest BCUT2D eigenvalue weighted by atomic mass is 32.2. The van der Waals surface area contributed by atoms with Crippen LogP contribution in [0.4, 0.5) is 5.82 Å². The summed E-state index contributed by atoms with van der Waals surface area (Å²) >= 11 is 0. The maximum Gasteiger partial charge on any atom is 0.363 e. The van der Waals surface area contributed by atoms with E-state index in [4.69, 9.17) is 5.73 Å². The van der Waals surface area contributed by atoms with Crippen molar-refractivity contribution in [1.29, 1.82) is 0 Å². The molecule has 20 heavy (non-hydrogen) atoms. The Bertz CT molecular complexity index is 583. The van der Waals surface area contributed by atoms with Crippen LogP contribution in [0.15, 0.2) is 23.2 Å². The molecule has 1 rings (SSSR count). The van der Waals surface area contributed by atoms with Gasteiger partial charge in [0.2, 0.25) is 10.0 Å².